The summed E-state index contributed by atoms with van der Waals surface area (Å²) >= 11 is 0. The lowest BCUT2D eigenvalue weighted by Crippen LogP contribution is -2.03. The van der Waals surface area contributed by atoms with Crippen LogP contribution in [0.15, 0.2) is 24.3 Å². The van der Waals surface area contributed by atoms with Crippen LogP contribution in [0, 0.1) is 0 Å². The number of nitrogens with two attached hydrogens (primary N) is 1. The lowest BCUT2D eigenvalue weighted by molar-refractivity contribution is 0.298. The molecule has 0 aliphatic carbocycles. The Balaban J connectivity index is 2.16. The second kappa shape index (κ2) is 10.7. The Hall–Kier alpha value is -1.22. The van der Waals surface area contributed by atoms with Crippen molar-refractivity contribution in [1.82, 2.24) is 0 Å². The molecule has 108 valence electrons. The summed E-state index contributed by atoms with van der Waals surface area (Å²) in [5, 5.41) is 0. The van der Waals surface area contributed by atoms with E-state index in [-0.39, 0.29) is 0 Å². The number of benzene rings is 1. The van der Waals surface area contributed by atoms with Gasteiger partial charge in [-0.25, -0.2) is 0 Å². The van der Waals surface area contributed by atoms with Crippen molar-refractivity contribution in [3.05, 3.63) is 24.3 Å². The third-order valence-electron chi connectivity index (χ3n) is 2.96. The van der Waals surface area contributed by atoms with Gasteiger partial charge in [-0.15, -0.1) is 0 Å². The van der Waals surface area contributed by atoms with Crippen LogP contribution in [-0.2, 0) is 0 Å². The number of rotatable bonds is 11. The second-order valence-electron chi connectivity index (χ2n) is 4.72. The summed E-state index contributed by atoms with van der Waals surface area (Å²) in [5.41, 5.74) is 5.43. The summed E-state index contributed by atoms with van der Waals surface area (Å²) in [7, 11) is 0. The van der Waals surface area contributed by atoms with Gasteiger partial charge in [0, 0.05) is 0 Å². The highest BCUT2D eigenvalue weighted by atomic mass is 16.5. The predicted octanol–water partition coefficient (Wildman–Crippen LogP) is 3.76. The van der Waals surface area contributed by atoms with Gasteiger partial charge in [0.15, 0.2) is 0 Å². The van der Waals surface area contributed by atoms with Crippen LogP contribution in [0.1, 0.15) is 45.4 Å². The first-order chi connectivity index (χ1) is 9.36. The van der Waals surface area contributed by atoms with E-state index in [0.29, 0.717) is 0 Å². The topological polar surface area (TPSA) is 44.5 Å². The molecule has 0 amide bonds. The fraction of sp³-hybridized carbons (Fsp3) is 0.625. The molecule has 19 heavy (non-hydrogen) atoms. The molecule has 0 bridgehead atoms. The van der Waals surface area contributed by atoms with Gasteiger partial charge in [-0.05, 0) is 50.1 Å². The van der Waals surface area contributed by atoms with Crippen LogP contribution in [0.2, 0.25) is 0 Å². The molecule has 2 N–H and O–H groups in total. The molecule has 0 saturated carbocycles. The highest BCUT2D eigenvalue weighted by Crippen LogP contribution is 2.18. The van der Waals surface area contributed by atoms with Gasteiger partial charge in [0.1, 0.15) is 11.5 Å². The van der Waals surface area contributed by atoms with Crippen molar-refractivity contribution < 1.29 is 9.47 Å². The highest BCUT2D eigenvalue weighted by Gasteiger charge is 1.97. The van der Waals surface area contributed by atoms with Gasteiger partial charge in [0.25, 0.3) is 0 Å². The predicted molar refractivity (Wildman–Crippen MR) is 79.9 cm³/mol. The minimum absolute atomic E-state index is 0.730. The van der Waals surface area contributed by atoms with E-state index in [1.165, 1.54) is 19.3 Å². The summed E-state index contributed by atoms with van der Waals surface area (Å²) in [6.07, 6.45) is 6.95. The van der Waals surface area contributed by atoms with Crippen molar-refractivity contribution in [3.8, 4) is 11.5 Å². The Morgan fingerprint density at radius 3 is 1.79 bits per heavy atom. The fourth-order valence-corrected chi connectivity index (χ4v) is 1.79. The van der Waals surface area contributed by atoms with Crippen molar-refractivity contribution in [2.24, 2.45) is 5.73 Å². The third kappa shape index (κ3) is 7.73. The number of hydrogen-bond donors (Lipinski definition) is 1. The van der Waals surface area contributed by atoms with Gasteiger partial charge in [0.2, 0.25) is 0 Å². The largest absolute Gasteiger partial charge is 0.494 e. The molecule has 1 aromatic rings. The van der Waals surface area contributed by atoms with Crippen molar-refractivity contribution >= 4 is 0 Å². The Bertz CT molecular complexity index is 311. The van der Waals surface area contributed by atoms with Crippen molar-refractivity contribution in [3.63, 3.8) is 0 Å². The van der Waals surface area contributed by atoms with Crippen LogP contribution in [0.5, 0.6) is 11.5 Å². The molecule has 0 spiro atoms. The van der Waals surface area contributed by atoms with E-state index in [2.05, 4.69) is 6.92 Å². The van der Waals surface area contributed by atoms with Gasteiger partial charge in [0.05, 0.1) is 13.2 Å². The standard InChI is InChI=1S/C16H27NO2/c1-2-3-4-6-13-18-15-8-10-16(11-9-15)19-14-7-5-12-17/h8-11H,2-7,12-14,17H2,1H3. The maximum absolute atomic E-state index is 5.68. The monoisotopic (exact) mass is 265 g/mol. The maximum atomic E-state index is 5.68. The zero-order valence-electron chi connectivity index (χ0n) is 12.1. The first-order valence-corrected chi connectivity index (χ1v) is 7.42. The molecule has 0 aliphatic heterocycles. The molecule has 0 fully saturated rings. The third-order valence-corrected chi connectivity index (χ3v) is 2.96. The van der Waals surface area contributed by atoms with Crippen LogP contribution < -0.4 is 15.2 Å². The average Bonchev–Trinajstić information content (AvgIpc) is 2.45. The lowest BCUT2D eigenvalue weighted by atomic mass is 10.2. The zero-order chi connectivity index (χ0) is 13.8. The molecule has 0 aliphatic rings. The quantitative estimate of drug-likeness (QED) is 0.619. The van der Waals surface area contributed by atoms with Gasteiger partial charge in [-0.2, -0.15) is 0 Å². The number of hydrogen-bond acceptors (Lipinski definition) is 3. The zero-order valence-corrected chi connectivity index (χ0v) is 12.1. The molecule has 1 rings (SSSR count). The molecule has 0 aromatic heterocycles. The second-order valence-corrected chi connectivity index (χ2v) is 4.72. The molecule has 0 heterocycles. The van der Waals surface area contributed by atoms with Gasteiger partial charge < -0.3 is 15.2 Å². The van der Waals surface area contributed by atoms with Crippen LogP contribution >= 0.6 is 0 Å². The van der Waals surface area contributed by atoms with Gasteiger partial charge in [-0.1, -0.05) is 26.2 Å². The molecule has 0 atom stereocenters. The molecular weight excluding hydrogens is 238 g/mol. The minimum atomic E-state index is 0.730. The fourth-order valence-electron chi connectivity index (χ4n) is 1.79. The summed E-state index contributed by atoms with van der Waals surface area (Å²) in [4.78, 5) is 0. The summed E-state index contributed by atoms with van der Waals surface area (Å²) < 4.78 is 11.3. The van der Waals surface area contributed by atoms with Crippen LogP contribution in [-0.4, -0.2) is 19.8 Å². The van der Waals surface area contributed by atoms with E-state index >= 15 is 0 Å². The van der Waals surface area contributed by atoms with Crippen molar-refractivity contribution in [2.45, 2.75) is 45.4 Å². The smallest absolute Gasteiger partial charge is 0.119 e. The van der Waals surface area contributed by atoms with E-state index in [0.717, 1.165) is 50.5 Å². The molecule has 3 heteroatoms. The Kier molecular flexibility index (Phi) is 8.90. The maximum Gasteiger partial charge on any atom is 0.119 e. The molecule has 0 saturated heterocycles. The van der Waals surface area contributed by atoms with Crippen molar-refractivity contribution in [2.75, 3.05) is 19.8 Å². The van der Waals surface area contributed by atoms with E-state index < -0.39 is 0 Å². The Morgan fingerprint density at radius 2 is 1.32 bits per heavy atom. The molecule has 0 radical (unpaired) electrons. The summed E-state index contributed by atoms with van der Waals surface area (Å²) in [6, 6.07) is 7.86. The van der Waals surface area contributed by atoms with Crippen LogP contribution in [0.25, 0.3) is 0 Å². The first-order valence-electron chi connectivity index (χ1n) is 7.42. The molecule has 3 nitrogen and oxygen atoms in total. The Labute approximate surface area is 117 Å². The van der Waals surface area contributed by atoms with Crippen LogP contribution in [0.4, 0.5) is 0 Å². The average molecular weight is 265 g/mol. The number of ether oxygens (including phenoxy) is 2. The van der Waals surface area contributed by atoms with E-state index in [1.54, 1.807) is 0 Å². The normalized spacial score (nSPS) is 10.4. The summed E-state index contributed by atoms with van der Waals surface area (Å²) in [5.74, 6) is 1.82. The minimum Gasteiger partial charge on any atom is -0.494 e. The SMILES string of the molecule is CCCCCCOc1ccc(OCCCCN)cc1. The van der Waals surface area contributed by atoms with E-state index in [1.807, 2.05) is 24.3 Å². The lowest BCUT2D eigenvalue weighted by Gasteiger charge is -2.08. The van der Waals surface area contributed by atoms with Crippen LogP contribution in [0.3, 0.4) is 0 Å². The first kappa shape index (κ1) is 15.8. The van der Waals surface area contributed by atoms with Gasteiger partial charge >= 0.3 is 0 Å². The van der Waals surface area contributed by atoms with Gasteiger partial charge in [-0.3, -0.25) is 0 Å². The molecule has 0 unspecified atom stereocenters. The van der Waals surface area contributed by atoms with E-state index in [4.69, 9.17) is 15.2 Å². The highest BCUT2D eigenvalue weighted by molar-refractivity contribution is 5.31. The summed E-state index contributed by atoms with van der Waals surface area (Å²) in [6.45, 7) is 4.48. The Morgan fingerprint density at radius 1 is 0.789 bits per heavy atom. The number of unbranched alkanes of at least 4 members (excludes halogenated alkanes) is 4. The molecular formula is C16H27NO2. The van der Waals surface area contributed by atoms with E-state index in [9.17, 15) is 0 Å². The van der Waals surface area contributed by atoms with Crippen molar-refractivity contribution in [1.29, 1.82) is 0 Å². The molecule has 1 aromatic carbocycles.